The van der Waals surface area contributed by atoms with Gasteiger partial charge in [-0.05, 0) is 74.9 Å². The number of aryl methyl sites for hydroxylation is 2. The molecule has 3 aromatic rings. The minimum atomic E-state index is -0.480. The summed E-state index contributed by atoms with van der Waals surface area (Å²) in [5, 5.41) is 6.26. The molecular weight excluding hydrogens is 414 g/mol. The highest BCUT2D eigenvalue weighted by Crippen LogP contribution is 2.28. The molecular formula is C26H29N5O2. The zero-order valence-electron chi connectivity index (χ0n) is 18.9. The average Bonchev–Trinajstić information content (AvgIpc) is 2.85. The van der Waals surface area contributed by atoms with E-state index in [0.717, 1.165) is 53.7 Å². The number of para-hydroxylation sites is 1. The number of benzene rings is 2. The van der Waals surface area contributed by atoms with Gasteiger partial charge in [0.2, 0.25) is 5.95 Å². The topological polar surface area (TPSA) is 79.4 Å². The van der Waals surface area contributed by atoms with Crippen molar-refractivity contribution in [2.75, 3.05) is 28.6 Å². The van der Waals surface area contributed by atoms with Crippen molar-refractivity contribution in [2.45, 2.75) is 45.1 Å². The quantitative estimate of drug-likeness (QED) is 0.587. The molecule has 1 aromatic heterocycles. The number of hydrogen-bond donors (Lipinski definition) is 2. The van der Waals surface area contributed by atoms with Crippen molar-refractivity contribution in [1.29, 1.82) is 0 Å². The van der Waals surface area contributed by atoms with Crippen LogP contribution >= 0.6 is 0 Å². The van der Waals surface area contributed by atoms with Crippen LogP contribution in [-0.2, 0) is 11.2 Å². The molecule has 7 nitrogen and oxygen atoms in total. The summed E-state index contributed by atoms with van der Waals surface area (Å²) in [6.07, 6.45) is 4.73. The summed E-state index contributed by atoms with van der Waals surface area (Å²) in [4.78, 5) is 24.3. The summed E-state index contributed by atoms with van der Waals surface area (Å²) < 4.78 is 5.90. The molecule has 7 heteroatoms. The summed E-state index contributed by atoms with van der Waals surface area (Å²) in [5.41, 5.74) is 3.68. The Morgan fingerprint density at radius 3 is 2.58 bits per heavy atom. The maximum absolute atomic E-state index is 12.7. The smallest absolute Gasteiger partial charge is 0.265 e. The molecule has 1 saturated heterocycles. The second-order valence-electron chi connectivity index (χ2n) is 8.68. The summed E-state index contributed by atoms with van der Waals surface area (Å²) in [6, 6.07) is 17.5. The molecule has 2 aliphatic rings. The van der Waals surface area contributed by atoms with Gasteiger partial charge in [0, 0.05) is 36.2 Å². The Balaban J connectivity index is 1.21. The first-order valence-corrected chi connectivity index (χ1v) is 11.7. The third kappa shape index (κ3) is 5.08. The van der Waals surface area contributed by atoms with E-state index >= 15 is 0 Å². The predicted molar refractivity (Wildman–Crippen MR) is 130 cm³/mol. The fourth-order valence-corrected chi connectivity index (χ4v) is 4.39. The van der Waals surface area contributed by atoms with E-state index in [1.807, 2.05) is 61.5 Å². The van der Waals surface area contributed by atoms with Crippen molar-refractivity contribution in [1.82, 2.24) is 9.97 Å². The number of rotatable bonds is 5. The molecule has 1 fully saturated rings. The Labute approximate surface area is 194 Å². The van der Waals surface area contributed by atoms with E-state index in [2.05, 4.69) is 20.5 Å². The molecule has 0 unspecified atom stereocenters. The van der Waals surface area contributed by atoms with E-state index in [1.54, 1.807) is 0 Å². The number of carbonyl (C=O) groups excluding carboxylic acids is 1. The normalized spacial score (nSPS) is 17.6. The Morgan fingerprint density at radius 2 is 1.76 bits per heavy atom. The maximum atomic E-state index is 12.7. The number of aromatic nitrogens is 2. The van der Waals surface area contributed by atoms with Gasteiger partial charge in [0.15, 0.2) is 6.10 Å². The minimum absolute atomic E-state index is 0.126. The fourth-order valence-electron chi connectivity index (χ4n) is 4.39. The van der Waals surface area contributed by atoms with Crippen molar-refractivity contribution >= 4 is 29.0 Å². The van der Waals surface area contributed by atoms with Crippen LogP contribution in [0.1, 0.15) is 36.9 Å². The Morgan fingerprint density at radius 1 is 1.00 bits per heavy atom. The van der Waals surface area contributed by atoms with Crippen molar-refractivity contribution in [2.24, 2.45) is 0 Å². The van der Waals surface area contributed by atoms with E-state index in [9.17, 15) is 4.79 Å². The lowest BCUT2D eigenvalue weighted by atomic mass is 10.0. The highest BCUT2D eigenvalue weighted by atomic mass is 16.5. The number of amides is 1. The van der Waals surface area contributed by atoms with Crippen LogP contribution in [0, 0.1) is 6.92 Å². The van der Waals surface area contributed by atoms with Gasteiger partial charge in [-0.25, -0.2) is 4.98 Å². The molecule has 0 spiro atoms. The Hall–Kier alpha value is -3.61. The lowest BCUT2D eigenvalue weighted by Crippen LogP contribution is -2.35. The van der Waals surface area contributed by atoms with Gasteiger partial charge in [0.05, 0.1) is 0 Å². The minimum Gasteiger partial charge on any atom is -0.480 e. The van der Waals surface area contributed by atoms with E-state index < -0.39 is 6.10 Å². The zero-order valence-corrected chi connectivity index (χ0v) is 18.9. The number of carbonyl (C=O) groups is 1. The summed E-state index contributed by atoms with van der Waals surface area (Å²) >= 11 is 0. The average molecular weight is 444 g/mol. The van der Waals surface area contributed by atoms with E-state index in [1.165, 1.54) is 19.3 Å². The van der Waals surface area contributed by atoms with Crippen LogP contribution in [0.4, 0.5) is 23.1 Å². The van der Waals surface area contributed by atoms with Gasteiger partial charge in [-0.3, -0.25) is 4.79 Å². The van der Waals surface area contributed by atoms with Crippen LogP contribution in [0.2, 0.25) is 0 Å². The molecule has 3 heterocycles. The van der Waals surface area contributed by atoms with Crippen molar-refractivity contribution in [3.05, 3.63) is 65.9 Å². The predicted octanol–water partition coefficient (Wildman–Crippen LogP) is 4.85. The molecule has 5 rings (SSSR count). The highest BCUT2D eigenvalue weighted by Gasteiger charge is 2.25. The highest BCUT2D eigenvalue weighted by molar-refractivity contribution is 5.94. The first-order chi connectivity index (χ1) is 16.1. The molecule has 1 atom stereocenters. The summed E-state index contributed by atoms with van der Waals surface area (Å²) in [6.45, 7) is 4.08. The maximum Gasteiger partial charge on any atom is 0.265 e. The second-order valence-corrected chi connectivity index (χ2v) is 8.68. The van der Waals surface area contributed by atoms with E-state index in [-0.39, 0.29) is 5.91 Å². The monoisotopic (exact) mass is 443 g/mol. The molecule has 33 heavy (non-hydrogen) atoms. The van der Waals surface area contributed by atoms with Crippen LogP contribution in [0.5, 0.6) is 5.75 Å². The molecule has 0 aliphatic carbocycles. The molecule has 170 valence electrons. The third-order valence-corrected chi connectivity index (χ3v) is 6.14. The number of nitrogens with zero attached hydrogens (tertiary/aromatic N) is 3. The Kier molecular flexibility index (Phi) is 6.11. The van der Waals surface area contributed by atoms with Gasteiger partial charge in [-0.15, -0.1) is 0 Å². The van der Waals surface area contributed by atoms with Crippen LogP contribution in [0.25, 0.3) is 0 Å². The lowest BCUT2D eigenvalue weighted by molar-refractivity contribution is -0.123. The number of piperidine rings is 1. The number of anilines is 4. The second kappa shape index (κ2) is 9.48. The van der Waals surface area contributed by atoms with Gasteiger partial charge < -0.3 is 20.3 Å². The van der Waals surface area contributed by atoms with E-state index in [0.29, 0.717) is 12.4 Å². The SMILES string of the molecule is Cc1cc(N2CCCCC2)nc(Nc2ccc(NC(=O)[C@@H]3CCc4ccccc4O3)cc2)n1. The lowest BCUT2D eigenvalue weighted by Gasteiger charge is -2.28. The van der Waals surface area contributed by atoms with E-state index in [4.69, 9.17) is 9.72 Å². The van der Waals surface area contributed by atoms with Gasteiger partial charge >= 0.3 is 0 Å². The van der Waals surface area contributed by atoms with Crippen LogP contribution < -0.4 is 20.3 Å². The molecule has 0 saturated carbocycles. The van der Waals surface area contributed by atoms with Gasteiger partial charge in [0.25, 0.3) is 5.91 Å². The number of fused-ring (bicyclic) bond motifs is 1. The fraction of sp³-hybridized carbons (Fsp3) is 0.346. The molecule has 2 aliphatic heterocycles. The standard InChI is InChI=1S/C26H29N5O2/c1-18-17-24(31-15-5-2-6-16-31)30-26(27-18)29-21-12-10-20(11-13-21)28-25(32)23-14-9-19-7-3-4-8-22(19)33-23/h3-4,7-8,10-13,17,23H,2,5-6,9,14-16H2,1H3,(H,28,32)(H,27,29,30)/t23-/m0/s1. The Bertz CT molecular complexity index is 1130. The van der Waals surface area contributed by atoms with Crippen LogP contribution in [0.15, 0.2) is 54.6 Å². The molecule has 1 amide bonds. The van der Waals surface area contributed by atoms with Gasteiger partial charge in [-0.2, -0.15) is 4.98 Å². The number of nitrogens with one attached hydrogen (secondary N) is 2. The van der Waals surface area contributed by atoms with Crippen molar-refractivity contribution in [3.63, 3.8) is 0 Å². The first-order valence-electron chi connectivity index (χ1n) is 11.7. The van der Waals surface area contributed by atoms with Crippen LogP contribution in [-0.4, -0.2) is 35.1 Å². The molecule has 0 bridgehead atoms. The number of ether oxygens (including phenoxy) is 1. The van der Waals surface area contributed by atoms with Crippen molar-refractivity contribution < 1.29 is 9.53 Å². The number of hydrogen-bond acceptors (Lipinski definition) is 6. The third-order valence-electron chi connectivity index (χ3n) is 6.14. The molecule has 0 radical (unpaired) electrons. The zero-order chi connectivity index (χ0) is 22.6. The van der Waals surface area contributed by atoms with Crippen LogP contribution in [0.3, 0.4) is 0 Å². The van der Waals surface area contributed by atoms with Gasteiger partial charge in [0.1, 0.15) is 11.6 Å². The summed E-state index contributed by atoms with van der Waals surface area (Å²) in [7, 11) is 0. The largest absolute Gasteiger partial charge is 0.480 e. The van der Waals surface area contributed by atoms with Crippen molar-refractivity contribution in [3.8, 4) is 5.75 Å². The molecule has 2 aromatic carbocycles. The summed E-state index contributed by atoms with van der Waals surface area (Å²) in [5.74, 6) is 2.23. The van der Waals surface area contributed by atoms with Gasteiger partial charge in [-0.1, -0.05) is 18.2 Å². The first kappa shape index (κ1) is 21.2. The molecule has 2 N–H and O–H groups in total.